The maximum Gasteiger partial charge on any atom is 0.227 e. The molecule has 0 unspecified atom stereocenters. The number of halogens is 1. The predicted octanol–water partition coefficient (Wildman–Crippen LogP) is 3.91. The Balaban J connectivity index is 1.27. The summed E-state index contributed by atoms with van der Waals surface area (Å²) >= 11 is 0. The van der Waals surface area contributed by atoms with Crippen LogP contribution in [0.5, 0.6) is 5.75 Å². The number of methoxy groups -OCH3 is 1. The number of nitrogens with zero attached hydrogens (tertiary/aromatic N) is 3. The van der Waals surface area contributed by atoms with Crippen molar-refractivity contribution in [1.29, 1.82) is 0 Å². The molecule has 1 aliphatic heterocycles. The minimum absolute atomic E-state index is 0.148. The van der Waals surface area contributed by atoms with Gasteiger partial charge in [0.05, 0.1) is 13.5 Å². The Labute approximate surface area is 174 Å². The molecule has 0 atom stereocenters. The zero-order chi connectivity index (χ0) is 20.9. The second-order valence-corrected chi connectivity index (χ2v) is 7.57. The molecule has 0 aliphatic carbocycles. The minimum Gasteiger partial charge on any atom is -0.497 e. The van der Waals surface area contributed by atoms with E-state index in [1.165, 1.54) is 12.1 Å². The van der Waals surface area contributed by atoms with E-state index in [1.54, 1.807) is 19.2 Å². The number of hydrogen-bond donors (Lipinski definition) is 0. The van der Waals surface area contributed by atoms with Gasteiger partial charge in [0.2, 0.25) is 17.6 Å². The normalized spacial score (nSPS) is 14.7. The van der Waals surface area contributed by atoms with Crippen molar-refractivity contribution in [2.75, 3.05) is 20.2 Å². The standard InChI is InChI=1S/C23H24FN3O3/c1-29-20-8-2-16(3-9-20)15-22(28)27-12-10-17(11-13-27)14-21-25-23(26-30-21)18-4-6-19(24)7-5-18/h2-9,17H,10-15H2,1H3. The Kier molecular flexibility index (Phi) is 6.07. The molecule has 4 rings (SSSR count). The smallest absolute Gasteiger partial charge is 0.227 e. The first-order valence-electron chi connectivity index (χ1n) is 10.1. The van der Waals surface area contributed by atoms with E-state index in [9.17, 15) is 9.18 Å². The molecule has 156 valence electrons. The number of hydrogen-bond acceptors (Lipinski definition) is 5. The van der Waals surface area contributed by atoms with Crippen LogP contribution in [0.2, 0.25) is 0 Å². The number of rotatable bonds is 6. The number of ether oxygens (including phenoxy) is 1. The number of carbonyl (C=O) groups is 1. The van der Waals surface area contributed by atoms with Crippen LogP contribution >= 0.6 is 0 Å². The van der Waals surface area contributed by atoms with Crippen LogP contribution in [0.3, 0.4) is 0 Å². The monoisotopic (exact) mass is 409 g/mol. The number of aromatic nitrogens is 2. The Hall–Kier alpha value is -3.22. The SMILES string of the molecule is COc1ccc(CC(=O)N2CCC(Cc3nc(-c4ccc(F)cc4)no3)CC2)cc1. The molecule has 3 aromatic rings. The third-order valence-corrected chi connectivity index (χ3v) is 5.52. The van der Waals surface area contributed by atoms with Crippen molar-refractivity contribution in [3.63, 3.8) is 0 Å². The lowest BCUT2D eigenvalue weighted by Crippen LogP contribution is -2.39. The number of benzene rings is 2. The summed E-state index contributed by atoms with van der Waals surface area (Å²) in [7, 11) is 1.63. The highest BCUT2D eigenvalue weighted by atomic mass is 19.1. The van der Waals surface area contributed by atoms with Crippen molar-refractivity contribution in [3.8, 4) is 17.1 Å². The van der Waals surface area contributed by atoms with Gasteiger partial charge in [-0.05, 0) is 60.7 Å². The zero-order valence-electron chi connectivity index (χ0n) is 16.9. The number of carbonyl (C=O) groups excluding carboxylic acids is 1. The van der Waals surface area contributed by atoms with Crippen LogP contribution < -0.4 is 4.74 Å². The first-order valence-corrected chi connectivity index (χ1v) is 10.1. The van der Waals surface area contributed by atoms with Crippen LogP contribution in [0.15, 0.2) is 53.1 Å². The van der Waals surface area contributed by atoms with Crippen molar-refractivity contribution in [2.45, 2.75) is 25.7 Å². The van der Waals surface area contributed by atoms with E-state index in [2.05, 4.69) is 10.1 Å². The Morgan fingerprint density at radius 3 is 2.50 bits per heavy atom. The van der Waals surface area contributed by atoms with Crippen molar-refractivity contribution in [3.05, 3.63) is 65.8 Å². The van der Waals surface area contributed by atoms with Crippen molar-refractivity contribution in [1.82, 2.24) is 15.0 Å². The summed E-state index contributed by atoms with van der Waals surface area (Å²) in [4.78, 5) is 19.0. The van der Waals surface area contributed by atoms with E-state index in [-0.39, 0.29) is 11.7 Å². The second kappa shape index (κ2) is 9.07. The molecule has 1 aromatic heterocycles. The molecule has 1 aliphatic rings. The lowest BCUT2D eigenvalue weighted by Gasteiger charge is -2.31. The molecule has 2 aromatic carbocycles. The highest BCUT2D eigenvalue weighted by molar-refractivity contribution is 5.78. The van der Waals surface area contributed by atoms with Crippen LogP contribution in [0.25, 0.3) is 11.4 Å². The number of piperidine rings is 1. The molecule has 1 fully saturated rings. The first-order chi connectivity index (χ1) is 14.6. The minimum atomic E-state index is -0.296. The first kappa shape index (κ1) is 20.1. The van der Waals surface area contributed by atoms with Crippen LogP contribution in [-0.2, 0) is 17.6 Å². The van der Waals surface area contributed by atoms with Gasteiger partial charge in [0, 0.05) is 25.1 Å². The third kappa shape index (κ3) is 4.84. The van der Waals surface area contributed by atoms with Gasteiger partial charge in [0.15, 0.2) is 0 Å². The average molecular weight is 409 g/mol. The van der Waals surface area contributed by atoms with Crippen LogP contribution in [0, 0.1) is 11.7 Å². The number of amides is 1. The molecule has 0 saturated carbocycles. The molecule has 0 spiro atoms. The Morgan fingerprint density at radius 2 is 1.83 bits per heavy atom. The second-order valence-electron chi connectivity index (χ2n) is 7.57. The lowest BCUT2D eigenvalue weighted by atomic mass is 9.93. The summed E-state index contributed by atoms with van der Waals surface area (Å²) in [6, 6.07) is 13.6. The van der Waals surface area contributed by atoms with Gasteiger partial charge in [0.25, 0.3) is 0 Å². The quantitative estimate of drug-likeness (QED) is 0.618. The van der Waals surface area contributed by atoms with Crippen LogP contribution in [0.1, 0.15) is 24.3 Å². The van der Waals surface area contributed by atoms with Crippen LogP contribution in [-0.4, -0.2) is 41.1 Å². The van der Waals surface area contributed by atoms with Crippen LogP contribution in [0.4, 0.5) is 4.39 Å². The average Bonchev–Trinajstić information content (AvgIpc) is 3.23. The maximum absolute atomic E-state index is 13.1. The van der Waals surface area contributed by atoms with E-state index in [0.717, 1.165) is 42.8 Å². The Bertz CT molecular complexity index is 978. The van der Waals surface area contributed by atoms with E-state index >= 15 is 0 Å². The van der Waals surface area contributed by atoms with Gasteiger partial charge in [0.1, 0.15) is 11.6 Å². The fourth-order valence-corrected chi connectivity index (χ4v) is 3.72. The Morgan fingerprint density at radius 1 is 1.13 bits per heavy atom. The van der Waals surface area contributed by atoms with Gasteiger partial charge in [-0.2, -0.15) is 4.98 Å². The molecule has 0 N–H and O–H groups in total. The fourth-order valence-electron chi connectivity index (χ4n) is 3.72. The largest absolute Gasteiger partial charge is 0.497 e. The van der Waals surface area contributed by atoms with Crippen molar-refractivity contribution in [2.24, 2.45) is 5.92 Å². The fraction of sp³-hybridized carbons (Fsp3) is 0.348. The topological polar surface area (TPSA) is 68.5 Å². The third-order valence-electron chi connectivity index (χ3n) is 5.52. The van der Waals surface area contributed by atoms with E-state index in [4.69, 9.17) is 9.26 Å². The van der Waals surface area contributed by atoms with Crippen molar-refractivity contribution >= 4 is 5.91 Å². The van der Waals surface area contributed by atoms with Gasteiger partial charge in [-0.1, -0.05) is 17.3 Å². The van der Waals surface area contributed by atoms with Gasteiger partial charge in [-0.3, -0.25) is 4.79 Å². The molecule has 0 radical (unpaired) electrons. The highest BCUT2D eigenvalue weighted by Crippen LogP contribution is 2.24. The van der Waals surface area contributed by atoms with Gasteiger partial charge < -0.3 is 14.2 Å². The van der Waals surface area contributed by atoms with E-state index in [0.29, 0.717) is 30.5 Å². The lowest BCUT2D eigenvalue weighted by molar-refractivity contribution is -0.131. The molecule has 1 amide bonds. The summed E-state index contributed by atoms with van der Waals surface area (Å²) in [5.41, 5.74) is 1.72. The zero-order valence-corrected chi connectivity index (χ0v) is 16.9. The van der Waals surface area contributed by atoms with Gasteiger partial charge in [-0.25, -0.2) is 4.39 Å². The summed E-state index contributed by atoms with van der Waals surface area (Å²) < 4.78 is 23.6. The molecular formula is C23H24FN3O3. The summed E-state index contributed by atoms with van der Waals surface area (Å²) in [6.07, 6.45) is 2.90. The molecule has 1 saturated heterocycles. The highest BCUT2D eigenvalue weighted by Gasteiger charge is 2.24. The predicted molar refractivity (Wildman–Crippen MR) is 109 cm³/mol. The van der Waals surface area contributed by atoms with E-state index < -0.39 is 0 Å². The maximum atomic E-state index is 13.1. The molecular weight excluding hydrogens is 385 g/mol. The molecule has 0 bridgehead atoms. The summed E-state index contributed by atoms with van der Waals surface area (Å²) in [6.45, 7) is 1.47. The van der Waals surface area contributed by atoms with Crippen molar-refractivity contribution < 1.29 is 18.4 Å². The summed E-state index contributed by atoms with van der Waals surface area (Å²) in [5, 5.41) is 4.00. The molecule has 7 heteroatoms. The van der Waals surface area contributed by atoms with Gasteiger partial charge in [-0.15, -0.1) is 0 Å². The van der Waals surface area contributed by atoms with Gasteiger partial charge >= 0.3 is 0 Å². The molecule has 30 heavy (non-hydrogen) atoms. The molecule has 6 nitrogen and oxygen atoms in total. The number of likely N-dealkylation sites (tertiary alicyclic amines) is 1. The summed E-state index contributed by atoms with van der Waals surface area (Å²) in [5.74, 6) is 2.09. The molecule has 2 heterocycles. The van der Waals surface area contributed by atoms with E-state index in [1.807, 2.05) is 29.2 Å².